The minimum absolute atomic E-state index is 0.150. The number of nitrogen functional groups attached to an aromatic ring is 1. The van der Waals surface area contributed by atoms with Crippen LogP contribution in [-0.4, -0.2) is 11.1 Å². The van der Waals surface area contributed by atoms with Crippen LogP contribution < -0.4 is 11.0 Å². The van der Waals surface area contributed by atoms with Crippen LogP contribution in [0.5, 0.6) is 0 Å². The van der Waals surface area contributed by atoms with Crippen LogP contribution >= 0.6 is 9.24 Å². The fourth-order valence-corrected chi connectivity index (χ4v) is 1.04. The number of carboxylic acid groups (broad SMARTS) is 1. The summed E-state index contributed by atoms with van der Waals surface area (Å²) in [5.74, 6) is -0.994. The molecule has 0 aromatic heterocycles. The number of aromatic carboxylic acids is 1. The van der Waals surface area contributed by atoms with Gasteiger partial charge in [-0.3, -0.25) is 0 Å². The summed E-state index contributed by atoms with van der Waals surface area (Å²) in [5, 5.41) is 9.31. The van der Waals surface area contributed by atoms with Gasteiger partial charge in [-0.2, -0.15) is 0 Å². The predicted molar refractivity (Wildman–Crippen MR) is 47.2 cm³/mol. The maximum absolute atomic E-state index is 10.5. The second-order valence-electron chi connectivity index (χ2n) is 2.11. The Morgan fingerprint density at radius 3 is 2.64 bits per heavy atom. The highest BCUT2D eigenvalue weighted by molar-refractivity contribution is 7.28. The van der Waals surface area contributed by atoms with E-state index in [2.05, 4.69) is 9.24 Å². The fraction of sp³-hybridized carbons (Fsp3) is 0. The zero-order valence-electron chi connectivity index (χ0n) is 5.74. The number of para-hydroxylation sites is 1. The number of hydrogen-bond acceptors (Lipinski definition) is 2. The molecule has 3 nitrogen and oxygen atoms in total. The van der Waals surface area contributed by atoms with E-state index in [9.17, 15) is 4.79 Å². The summed E-state index contributed by atoms with van der Waals surface area (Å²) >= 11 is 0. The van der Waals surface area contributed by atoms with E-state index in [-0.39, 0.29) is 5.56 Å². The van der Waals surface area contributed by atoms with Gasteiger partial charge in [0.15, 0.2) is 0 Å². The fourth-order valence-electron chi connectivity index (χ4n) is 0.770. The summed E-state index contributed by atoms with van der Waals surface area (Å²) in [7, 11) is 2.38. The van der Waals surface area contributed by atoms with Gasteiger partial charge in [-0.1, -0.05) is 12.1 Å². The third kappa shape index (κ3) is 1.49. The molecule has 0 aliphatic rings. The predicted octanol–water partition coefficient (Wildman–Crippen LogP) is 0.467. The van der Waals surface area contributed by atoms with Crippen LogP contribution in [0.3, 0.4) is 0 Å². The summed E-state index contributed by atoms with van der Waals surface area (Å²) in [6, 6.07) is 4.87. The van der Waals surface area contributed by atoms with Crippen LogP contribution in [0.4, 0.5) is 5.69 Å². The highest BCUT2D eigenvalue weighted by Gasteiger charge is 2.07. The van der Waals surface area contributed by atoms with Crippen molar-refractivity contribution in [2.75, 3.05) is 5.73 Å². The summed E-state index contributed by atoms with van der Waals surface area (Å²) in [6.45, 7) is 0. The number of carbonyl (C=O) groups is 1. The first-order valence-corrected chi connectivity index (χ1v) is 3.58. The van der Waals surface area contributed by atoms with Crippen molar-refractivity contribution in [3.63, 3.8) is 0 Å². The maximum Gasteiger partial charge on any atom is 0.337 e. The third-order valence-corrected chi connectivity index (χ3v) is 1.87. The quantitative estimate of drug-likeness (QED) is 0.474. The molecule has 0 spiro atoms. The zero-order chi connectivity index (χ0) is 8.43. The Balaban J connectivity index is 3.27. The van der Waals surface area contributed by atoms with E-state index in [1.54, 1.807) is 12.1 Å². The molecule has 1 aromatic carbocycles. The molecule has 4 heteroatoms. The van der Waals surface area contributed by atoms with Crippen molar-refractivity contribution < 1.29 is 9.90 Å². The molecule has 0 saturated carbocycles. The highest BCUT2D eigenvalue weighted by atomic mass is 31.0. The van der Waals surface area contributed by atoms with Crippen molar-refractivity contribution in [2.45, 2.75) is 0 Å². The van der Waals surface area contributed by atoms with Crippen LogP contribution in [0.15, 0.2) is 18.2 Å². The molecule has 1 rings (SSSR count). The van der Waals surface area contributed by atoms with Gasteiger partial charge in [0.25, 0.3) is 0 Å². The molecule has 0 heterocycles. The number of benzene rings is 1. The number of rotatable bonds is 1. The van der Waals surface area contributed by atoms with Crippen LogP contribution in [0.2, 0.25) is 0 Å². The molecular weight excluding hydrogens is 161 g/mol. The Bertz CT molecular complexity index is 298. The number of hydrogen-bond donors (Lipinski definition) is 2. The van der Waals surface area contributed by atoms with E-state index in [0.29, 0.717) is 11.0 Å². The standard InChI is InChI=1S/C7H8NO2P/c8-6-4(7(9)10)2-1-3-5(6)11/h1-3H,8,11H2,(H,9,10). The van der Waals surface area contributed by atoms with Crippen molar-refractivity contribution in [3.05, 3.63) is 23.8 Å². The molecule has 0 amide bonds. The van der Waals surface area contributed by atoms with Gasteiger partial charge in [0, 0.05) is 0 Å². The number of nitrogens with two attached hydrogens (primary N) is 1. The van der Waals surface area contributed by atoms with Gasteiger partial charge >= 0.3 is 5.97 Å². The molecule has 58 valence electrons. The first kappa shape index (κ1) is 8.02. The first-order valence-electron chi connectivity index (χ1n) is 3.00. The lowest BCUT2D eigenvalue weighted by Gasteiger charge is -2.01. The van der Waals surface area contributed by atoms with E-state index < -0.39 is 5.97 Å². The Hall–Kier alpha value is -1.08. The molecule has 1 unspecified atom stereocenters. The van der Waals surface area contributed by atoms with E-state index in [4.69, 9.17) is 10.8 Å². The van der Waals surface area contributed by atoms with Crippen LogP contribution in [0.1, 0.15) is 10.4 Å². The molecule has 11 heavy (non-hydrogen) atoms. The van der Waals surface area contributed by atoms with Crippen molar-refractivity contribution >= 4 is 26.2 Å². The van der Waals surface area contributed by atoms with Gasteiger partial charge in [0.05, 0.1) is 11.3 Å². The number of anilines is 1. The monoisotopic (exact) mass is 169 g/mol. The minimum Gasteiger partial charge on any atom is -0.478 e. The Kier molecular flexibility index (Phi) is 2.11. The van der Waals surface area contributed by atoms with E-state index >= 15 is 0 Å². The van der Waals surface area contributed by atoms with Gasteiger partial charge in [0.1, 0.15) is 0 Å². The summed E-state index contributed by atoms with van der Waals surface area (Å²) < 4.78 is 0. The van der Waals surface area contributed by atoms with Gasteiger partial charge in [-0.15, -0.1) is 9.24 Å². The largest absolute Gasteiger partial charge is 0.478 e. The second-order valence-corrected chi connectivity index (χ2v) is 2.74. The van der Waals surface area contributed by atoms with Gasteiger partial charge in [-0.25, -0.2) is 4.79 Å². The molecular formula is C7H8NO2P. The average Bonchev–Trinajstić information content (AvgIpc) is 1.94. The molecule has 0 aliphatic heterocycles. The maximum atomic E-state index is 10.5. The lowest BCUT2D eigenvalue weighted by molar-refractivity contribution is 0.0698. The van der Waals surface area contributed by atoms with Crippen molar-refractivity contribution in [1.29, 1.82) is 0 Å². The summed E-state index contributed by atoms with van der Waals surface area (Å²) in [4.78, 5) is 10.5. The van der Waals surface area contributed by atoms with Gasteiger partial charge < -0.3 is 10.8 Å². The normalized spacial score (nSPS) is 9.55. The minimum atomic E-state index is -0.994. The SMILES string of the molecule is Nc1c(P)cccc1C(=O)O. The molecule has 0 bridgehead atoms. The Labute approximate surface area is 66.4 Å². The third-order valence-electron chi connectivity index (χ3n) is 1.37. The van der Waals surface area contributed by atoms with Gasteiger partial charge in [0.2, 0.25) is 0 Å². The lowest BCUT2D eigenvalue weighted by Crippen LogP contribution is -2.09. The molecule has 0 aliphatic carbocycles. The zero-order valence-corrected chi connectivity index (χ0v) is 6.90. The number of carboxylic acids is 1. The molecule has 0 saturated heterocycles. The molecule has 3 N–H and O–H groups in total. The van der Waals surface area contributed by atoms with E-state index in [0.717, 1.165) is 0 Å². The Morgan fingerprint density at radius 2 is 2.18 bits per heavy atom. The molecule has 1 aromatic rings. The van der Waals surface area contributed by atoms with Gasteiger partial charge in [-0.05, 0) is 11.4 Å². The molecule has 1 atom stereocenters. The second kappa shape index (κ2) is 2.89. The molecule has 0 radical (unpaired) electrons. The van der Waals surface area contributed by atoms with Crippen molar-refractivity contribution in [2.24, 2.45) is 0 Å². The smallest absolute Gasteiger partial charge is 0.337 e. The first-order chi connectivity index (χ1) is 5.13. The topological polar surface area (TPSA) is 63.3 Å². The van der Waals surface area contributed by atoms with Crippen LogP contribution in [-0.2, 0) is 0 Å². The summed E-state index contributed by atoms with van der Waals surface area (Å²) in [6.07, 6.45) is 0. The van der Waals surface area contributed by atoms with Crippen LogP contribution in [0.25, 0.3) is 0 Å². The van der Waals surface area contributed by atoms with Crippen LogP contribution in [0, 0.1) is 0 Å². The Morgan fingerprint density at radius 1 is 1.55 bits per heavy atom. The lowest BCUT2D eigenvalue weighted by atomic mass is 10.2. The van der Waals surface area contributed by atoms with E-state index in [1.165, 1.54) is 6.07 Å². The van der Waals surface area contributed by atoms with Crippen molar-refractivity contribution in [3.8, 4) is 0 Å². The van der Waals surface area contributed by atoms with E-state index in [1.807, 2.05) is 0 Å². The average molecular weight is 169 g/mol. The highest BCUT2D eigenvalue weighted by Crippen LogP contribution is 2.10. The summed E-state index contributed by atoms with van der Waals surface area (Å²) in [5.41, 5.74) is 5.94. The molecule has 0 fully saturated rings. The van der Waals surface area contributed by atoms with Crippen molar-refractivity contribution in [1.82, 2.24) is 0 Å².